The first-order chi connectivity index (χ1) is 9.13. The molecule has 1 atom stereocenters. The lowest BCUT2D eigenvalue weighted by Gasteiger charge is -2.08. The monoisotopic (exact) mass is 274 g/mol. The van der Waals surface area contributed by atoms with Gasteiger partial charge in [-0.25, -0.2) is 4.98 Å². The van der Waals surface area contributed by atoms with Crippen LogP contribution >= 0.6 is 11.3 Å². The Hall–Kier alpha value is -1.39. The van der Waals surface area contributed by atoms with Crippen molar-refractivity contribution in [2.45, 2.75) is 39.3 Å². The normalized spacial score (nSPS) is 17.5. The molecular formula is C15H18N2OS. The molecule has 1 heterocycles. The molecule has 2 aromatic rings. The fourth-order valence-corrected chi connectivity index (χ4v) is 3.31. The van der Waals surface area contributed by atoms with E-state index in [9.17, 15) is 0 Å². The molecule has 0 unspecified atom stereocenters. The minimum absolute atomic E-state index is 0.202. The molecule has 1 aliphatic rings. The first kappa shape index (κ1) is 12.6. The molecule has 3 nitrogen and oxygen atoms in total. The molecule has 0 aliphatic heterocycles. The quantitative estimate of drug-likeness (QED) is 0.934. The van der Waals surface area contributed by atoms with Gasteiger partial charge in [0.1, 0.15) is 17.4 Å². The molecule has 0 radical (unpaired) electrons. The number of nitrogens with zero attached hydrogens (tertiary/aromatic N) is 1. The van der Waals surface area contributed by atoms with Crippen LogP contribution in [0, 0.1) is 13.8 Å². The lowest BCUT2D eigenvalue weighted by Crippen LogP contribution is -2.05. The SMILES string of the molecule is Cc1nc(COc2ccc3c(c2)CC[C@H]3N)sc1C. The first-order valence-electron chi connectivity index (χ1n) is 6.57. The number of benzene rings is 1. The molecule has 0 saturated heterocycles. The van der Waals surface area contributed by atoms with Gasteiger partial charge < -0.3 is 10.5 Å². The maximum absolute atomic E-state index is 6.03. The van der Waals surface area contributed by atoms with Gasteiger partial charge in [0.25, 0.3) is 0 Å². The second kappa shape index (κ2) is 4.94. The van der Waals surface area contributed by atoms with E-state index in [2.05, 4.69) is 24.0 Å². The molecule has 3 rings (SSSR count). The number of hydrogen-bond acceptors (Lipinski definition) is 4. The van der Waals surface area contributed by atoms with Crippen molar-refractivity contribution in [1.29, 1.82) is 0 Å². The van der Waals surface area contributed by atoms with E-state index in [1.54, 1.807) is 11.3 Å². The summed E-state index contributed by atoms with van der Waals surface area (Å²) in [5.74, 6) is 0.915. The summed E-state index contributed by atoms with van der Waals surface area (Å²) in [4.78, 5) is 5.75. The van der Waals surface area contributed by atoms with Crippen LogP contribution in [0.25, 0.3) is 0 Å². The van der Waals surface area contributed by atoms with E-state index < -0.39 is 0 Å². The molecule has 0 bridgehead atoms. The van der Waals surface area contributed by atoms with E-state index in [1.165, 1.54) is 16.0 Å². The lowest BCUT2D eigenvalue weighted by atomic mass is 10.1. The Balaban J connectivity index is 1.71. The Labute approximate surface area is 117 Å². The summed E-state index contributed by atoms with van der Waals surface area (Å²) in [6.45, 7) is 4.67. The summed E-state index contributed by atoms with van der Waals surface area (Å²) in [5, 5.41) is 1.03. The zero-order chi connectivity index (χ0) is 13.4. The summed E-state index contributed by atoms with van der Waals surface area (Å²) in [5.41, 5.74) is 9.73. The molecule has 2 N–H and O–H groups in total. The summed E-state index contributed by atoms with van der Waals surface area (Å²) < 4.78 is 5.83. The average molecular weight is 274 g/mol. The van der Waals surface area contributed by atoms with Crippen LogP contribution in [-0.4, -0.2) is 4.98 Å². The van der Waals surface area contributed by atoms with E-state index in [1.807, 2.05) is 13.0 Å². The van der Waals surface area contributed by atoms with Gasteiger partial charge in [0.15, 0.2) is 0 Å². The van der Waals surface area contributed by atoms with Gasteiger partial charge in [-0.3, -0.25) is 0 Å². The van der Waals surface area contributed by atoms with Crippen LogP contribution in [0.2, 0.25) is 0 Å². The third-order valence-corrected chi connectivity index (χ3v) is 4.72. The Morgan fingerprint density at radius 2 is 2.26 bits per heavy atom. The topological polar surface area (TPSA) is 48.1 Å². The molecule has 1 aromatic carbocycles. The Morgan fingerprint density at radius 3 is 3.00 bits per heavy atom. The molecule has 0 amide bonds. The molecular weight excluding hydrogens is 256 g/mol. The Morgan fingerprint density at radius 1 is 1.42 bits per heavy atom. The van der Waals surface area contributed by atoms with Crippen LogP contribution in [0.4, 0.5) is 0 Å². The van der Waals surface area contributed by atoms with Crippen LogP contribution in [0.1, 0.15) is 39.2 Å². The molecule has 1 aliphatic carbocycles. The third kappa shape index (κ3) is 2.51. The summed E-state index contributed by atoms with van der Waals surface area (Å²) in [7, 11) is 0. The van der Waals surface area contributed by atoms with E-state index in [0.717, 1.165) is 29.3 Å². The van der Waals surface area contributed by atoms with Gasteiger partial charge in [-0.15, -0.1) is 11.3 Å². The zero-order valence-electron chi connectivity index (χ0n) is 11.3. The van der Waals surface area contributed by atoms with E-state index >= 15 is 0 Å². The van der Waals surface area contributed by atoms with Crippen LogP contribution in [-0.2, 0) is 13.0 Å². The number of thiazole rings is 1. The van der Waals surface area contributed by atoms with Crippen molar-refractivity contribution < 1.29 is 4.74 Å². The highest BCUT2D eigenvalue weighted by molar-refractivity contribution is 7.11. The lowest BCUT2D eigenvalue weighted by molar-refractivity contribution is 0.305. The van der Waals surface area contributed by atoms with Gasteiger partial charge in [0.2, 0.25) is 0 Å². The van der Waals surface area contributed by atoms with Gasteiger partial charge in [-0.1, -0.05) is 6.07 Å². The number of ether oxygens (including phenoxy) is 1. The van der Waals surface area contributed by atoms with Crippen LogP contribution in [0.15, 0.2) is 18.2 Å². The van der Waals surface area contributed by atoms with Crippen molar-refractivity contribution in [1.82, 2.24) is 4.98 Å². The fraction of sp³-hybridized carbons (Fsp3) is 0.400. The number of aryl methyl sites for hydroxylation is 3. The smallest absolute Gasteiger partial charge is 0.140 e. The van der Waals surface area contributed by atoms with Gasteiger partial charge in [-0.2, -0.15) is 0 Å². The van der Waals surface area contributed by atoms with Crippen molar-refractivity contribution in [2.24, 2.45) is 5.73 Å². The summed E-state index contributed by atoms with van der Waals surface area (Å²) in [6, 6.07) is 6.43. The molecule has 0 spiro atoms. The highest BCUT2D eigenvalue weighted by atomic mass is 32.1. The average Bonchev–Trinajstić information content (AvgIpc) is 2.91. The number of hydrogen-bond donors (Lipinski definition) is 1. The third-order valence-electron chi connectivity index (χ3n) is 3.67. The van der Waals surface area contributed by atoms with Crippen molar-refractivity contribution in [3.63, 3.8) is 0 Å². The zero-order valence-corrected chi connectivity index (χ0v) is 12.1. The Kier molecular flexibility index (Phi) is 3.29. The van der Waals surface area contributed by atoms with Crippen molar-refractivity contribution in [3.05, 3.63) is 44.9 Å². The van der Waals surface area contributed by atoms with Gasteiger partial charge in [-0.05, 0) is 49.9 Å². The van der Waals surface area contributed by atoms with Crippen LogP contribution in [0.3, 0.4) is 0 Å². The molecule has 1 aromatic heterocycles. The van der Waals surface area contributed by atoms with Crippen molar-refractivity contribution in [3.8, 4) is 5.75 Å². The van der Waals surface area contributed by atoms with E-state index in [-0.39, 0.29) is 6.04 Å². The second-order valence-electron chi connectivity index (χ2n) is 5.04. The van der Waals surface area contributed by atoms with Crippen LogP contribution in [0.5, 0.6) is 5.75 Å². The van der Waals surface area contributed by atoms with Crippen molar-refractivity contribution in [2.75, 3.05) is 0 Å². The molecule has 100 valence electrons. The molecule has 0 saturated carbocycles. The molecule has 19 heavy (non-hydrogen) atoms. The first-order valence-corrected chi connectivity index (χ1v) is 7.39. The maximum Gasteiger partial charge on any atom is 0.140 e. The van der Waals surface area contributed by atoms with Crippen LogP contribution < -0.4 is 10.5 Å². The minimum atomic E-state index is 0.202. The summed E-state index contributed by atoms with van der Waals surface area (Å²) in [6.07, 6.45) is 2.10. The predicted octanol–water partition coefficient (Wildman–Crippen LogP) is 3.28. The van der Waals surface area contributed by atoms with Crippen molar-refractivity contribution >= 4 is 11.3 Å². The fourth-order valence-electron chi connectivity index (χ4n) is 2.46. The highest BCUT2D eigenvalue weighted by Crippen LogP contribution is 2.32. The number of rotatable bonds is 3. The molecule has 0 fully saturated rings. The second-order valence-corrected chi connectivity index (χ2v) is 6.33. The van der Waals surface area contributed by atoms with Gasteiger partial charge in [0, 0.05) is 10.9 Å². The maximum atomic E-state index is 6.03. The van der Waals surface area contributed by atoms with E-state index in [0.29, 0.717) is 6.61 Å². The number of aromatic nitrogens is 1. The largest absolute Gasteiger partial charge is 0.486 e. The van der Waals surface area contributed by atoms with E-state index in [4.69, 9.17) is 10.5 Å². The van der Waals surface area contributed by atoms with Gasteiger partial charge in [0.05, 0.1) is 5.69 Å². The Bertz CT molecular complexity index is 587. The molecule has 4 heteroatoms. The highest BCUT2D eigenvalue weighted by Gasteiger charge is 2.19. The van der Waals surface area contributed by atoms with Gasteiger partial charge >= 0.3 is 0 Å². The number of nitrogens with two attached hydrogens (primary N) is 1. The standard InChI is InChI=1S/C15H18N2OS/c1-9-10(2)19-15(17-9)8-18-12-4-5-13-11(7-12)3-6-14(13)16/h4-5,7,14H,3,6,8,16H2,1-2H3/t14-/m1/s1. The number of fused-ring (bicyclic) bond motifs is 1. The summed E-state index contributed by atoms with van der Waals surface area (Å²) >= 11 is 1.70. The minimum Gasteiger partial charge on any atom is -0.486 e. The predicted molar refractivity (Wildman–Crippen MR) is 77.6 cm³/mol.